The highest BCUT2D eigenvalue weighted by Crippen LogP contribution is 2.12. The normalized spacial score (nSPS) is 10.0. The van der Waals surface area contributed by atoms with Crippen LogP contribution in [0, 0.1) is 18.2 Å². The molecule has 0 radical (unpaired) electrons. The fourth-order valence-electron chi connectivity index (χ4n) is 1.86. The Bertz CT molecular complexity index is 745. The average Bonchev–Trinajstić information content (AvgIpc) is 2.37. The van der Waals surface area contributed by atoms with Gasteiger partial charge in [-0.25, -0.2) is 4.39 Å². The number of nitrogens with two attached hydrogens (primary N) is 1. The number of benzene rings is 1. The third kappa shape index (κ3) is 3.92. The third-order valence-electron chi connectivity index (χ3n) is 2.96. The molecule has 7 heteroatoms. The minimum atomic E-state index is -0.721. The van der Waals surface area contributed by atoms with Crippen LogP contribution in [0.5, 0.6) is 0 Å². The Hall–Kier alpha value is -1.66. The van der Waals surface area contributed by atoms with Crippen molar-refractivity contribution in [2.24, 2.45) is 5.73 Å². The van der Waals surface area contributed by atoms with Gasteiger partial charge in [0.25, 0.3) is 5.91 Å². The maximum absolute atomic E-state index is 13.5. The molecule has 21 heavy (non-hydrogen) atoms. The van der Waals surface area contributed by atoms with E-state index in [0.717, 1.165) is 0 Å². The van der Waals surface area contributed by atoms with Gasteiger partial charge in [0.1, 0.15) is 11.3 Å². The summed E-state index contributed by atoms with van der Waals surface area (Å²) in [6.07, 6.45) is 1.51. The zero-order valence-corrected chi connectivity index (χ0v) is 13.7. The molecule has 4 nitrogen and oxygen atoms in total. The predicted octanol–water partition coefficient (Wildman–Crippen LogP) is 2.79. The average molecular weight is 375 g/mol. The van der Waals surface area contributed by atoms with Crippen LogP contribution in [0.4, 0.5) is 4.39 Å². The monoisotopic (exact) mass is 373 g/mol. The Balaban J connectivity index is 0.00000220. The molecule has 0 bridgehead atoms. The largest absolute Gasteiger partial charge is 0.365 e. The van der Waals surface area contributed by atoms with Gasteiger partial charge in [-0.3, -0.25) is 10.2 Å². The number of aryl methyl sites for hydroxylation is 1. The van der Waals surface area contributed by atoms with Gasteiger partial charge in [0.05, 0.1) is 10.6 Å². The zero-order chi connectivity index (χ0) is 14.9. The molecule has 1 aromatic heterocycles. The van der Waals surface area contributed by atoms with Crippen LogP contribution in [-0.4, -0.2) is 10.5 Å². The number of hydrogen-bond acceptors (Lipinski definition) is 2. The Morgan fingerprint density at radius 2 is 2.10 bits per heavy atom. The van der Waals surface area contributed by atoms with Gasteiger partial charge < -0.3 is 10.3 Å². The van der Waals surface area contributed by atoms with E-state index in [1.54, 1.807) is 19.1 Å². The summed E-state index contributed by atoms with van der Waals surface area (Å²) in [6.45, 7) is 1.91. The summed E-state index contributed by atoms with van der Waals surface area (Å²) in [4.78, 5) is 11.2. The quantitative estimate of drug-likeness (QED) is 0.852. The molecule has 0 unspecified atom stereocenters. The Kier molecular flexibility index (Phi) is 5.69. The number of aromatic nitrogens is 1. The van der Waals surface area contributed by atoms with Crippen molar-refractivity contribution in [3.05, 3.63) is 63.5 Å². The number of hydrogen-bond donors (Lipinski definition) is 2. The lowest BCUT2D eigenvalue weighted by atomic mass is 10.1. The molecule has 2 rings (SSSR count). The van der Waals surface area contributed by atoms with Crippen LogP contribution in [0.3, 0.4) is 0 Å². The number of nitrogens with zero attached hydrogens (tertiary/aromatic N) is 1. The molecule has 0 atom stereocenters. The van der Waals surface area contributed by atoms with Gasteiger partial charge in [-0.2, -0.15) is 0 Å². The summed E-state index contributed by atoms with van der Waals surface area (Å²) in [5.41, 5.74) is 6.40. The standard InChI is InChI=1S/C14H13ClFN3O.BrH/c1-8-2-3-9(4-12(8)16)6-19-7-10(15)5-11(13(19)17)14(18)20;/h2-5,7,17H,6H2,1H3,(H2,18,20);1H. The fraction of sp³-hybridized carbons (Fsp3) is 0.143. The number of carbonyl (C=O) groups is 1. The van der Waals surface area contributed by atoms with Crippen LogP contribution >= 0.6 is 28.6 Å². The summed E-state index contributed by atoms with van der Waals surface area (Å²) in [5, 5.41) is 8.22. The van der Waals surface area contributed by atoms with E-state index in [-0.39, 0.29) is 40.4 Å². The minimum Gasteiger partial charge on any atom is -0.365 e. The van der Waals surface area contributed by atoms with Crippen LogP contribution in [0.2, 0.25) is 5.02 Å². The fourth-order valence-corrected chi connectivity index (χ4v) is 2.08. The van der Waals surface area contributed by atoms with Crippen LogP contribution in [0.1, 0.15) is 21.5 Å². The molecule has 3 N–H and O–H groups in total. The first-order valence-corrected chi connectivity index (χ1v) is 6.25. The van der Waals surface area contributed by atoms with Gasteiger partial charge in [-0.1, -0.05) is 23.7 Å². The predicted molar refractivity (Wildman–Crippen MR) is 84.4 cm³/mol. The van der Waals surface area contributed by atoms with Crippen LogP contribution in [0.15, 0.2) is 30.5 Å². The topological polar surface area (TPSA) is 71.9 Å². The number of rotatable bonds is 3. The molecule has 0 spiro atoms. The van der Waals surface area contributed by atoms with E-state index in [4.69, 9.17) is 22.7 Å². The van der Waals surface area contributed by atoms with Crippen molar-refractivity contribution < 1.29 is 9.18 Å². The summed E-state index contributed by atoms with van der Waals surface area (Å²) in [6, 6.07) is 6.16. The van der Waals surface area contributed by atoms with E-state index in [9.17, 15) is 9.18 Å². The van der Waals surface area contributed by atoms with Gasteiger partial charge in [0, 0.05) is 12.7 Å². The molecule has 0 fully saturated rings. The molecule has 0 aliphatic heterocycles. The second-order valence-electron chi connectivity index (χ2n) is 4.50. The first-order chi connectivity index (χ1) is 9.38. The summed E-state index contributed by atoms with van der Waals surface area (Å²) < 4.78 is 15.0. The molecular formula is C14H14BrClFN3O. The Morgan fingerprint density at radius 3 is 2.67 bits per heavy atom. The molecular weight excluding hydrogens is 361 g/mol. The highest BCUT2D eigenvalue weighted by Gasteiger charge is 2.09. The van der Waals surface area contributed by atoms with Gasteiger partial charge in [-0.05, 0) is 30.2 Å². The van der Waals surface area contributed by atoms with Crippen molar-refractivity contribution >= 4 is 34.5 Å². The first-order valence-electron chi connectivity index (χ1n) is 5.88. The molecule has 112 valence electrons. The van der Waals surface area contributed by atoms with Crippen molar-refractivity contribution in [2.75, 3.05) is 0 Å². The van der Waals surface area contributed by atoms with Crippen molar-refractivity contribution in [3.63, 3.8) is 0 Å². The van der Waals surface area contributed by atoms with E-state index in [1.165, 1.54) is 22.9 Å². The van der Waals surface area contributed by atoms with Gasteiger partial charge in [-0.15, -0.1) is 17.0 Å². The second kappa shape index (κ2) is 6.87. The van der Waals surface area contributed by atoms with Gasteiger partial charge in [0.15, 0.2) is 0 Å². The molecule has 0 aliphatic carbocycles. The molecule has 1 amide bonds. The van der Waals surface area contributed by atoms with Crippen molar-refractivity contribution in [2.45, 2.75) is 13.5 Å². The first kappa shape index (κ1) is 17.4. The molecule has 0 aliphatic rings. The molecule has 2 aromatic rings. The Morgan fingerprint density at radius 1 is 1.43 bits per heavy atom. The summed E-state index contributed by atoms with van der Waals surface area (Å²) in [7, 11) is 0. The maximum atomic E-state index is 13.5. The SMILES string of the molecule is Br.Cc1ccc(Cn2cc(Cl)cc(C(N)=O)c2=N)cc1F. The molecule has 0 saturated heterocycles. The lowest BCUT2D eigenvalue weighted by molar-refractivity contribution is 0.0998. The van der Waals surface area contributed by atoms with Crippen LogP contribution < -0.4 is 11.2 Å². The lowest BCUT2D eigenvalue weighted by Crippen LogP contribution is -2.29. The number of halogens is 3. The highest BCUT2D eigenvalue weighted by atomic mass is 79.9. The highest BCUT2D eigenvalue weighted by molar-refractivity contribution is 8.93. The van der Waals surface area contributed by atoms with E-state index >= 15 is 0 Å². The minimum absolute atomic E-state index is 0. The number of nitrogens with one attached hydrogen (secondary N) is 1. The number of pyridine rings is 1. The van der Waals surface area contributed by atoms with E-state index in [1.807, 2.05) is 0 Å². The van der Waals surface area contributed by atoms with Crippen LogP contribution in [-0.2, 0) is 6.54 Å². The second-order valence-corrected chi connectivity index (χ2v) is 4.93. The smallest absolute Gasteiger partial charge is 0.252 e. The lowest BCUT2D eigenvalue weighted by Gasteiger charge is -2.10. The maximum Gasteiger partial charge on any atom is 0.252 e. The van der Waals surface area contributed by atoms with Gasteiger partial charge >= 0.3 is 0 Å². The molecule has 1 heterocycles. The van der Waals surface area contributed by atoms with Crippen molar-refractivity contribution in [1.29, 1.82) is 5.41 Å². The number of primary amides is 1. The van der Waals surface area contributed by atoms with E-state index in [0.29, 0.717) is 16.1 Å². The number of carbonyl (C=O) groups excluding carboxylic acids is 1. The van der Waals surface area contributed by atoms with E-state index in [2.05, 4.69) is 0 Å². The van der Waals surface area contributed by atoms with Crippen LogP contribution in [0.25, 0.3) is 0 Å². The number of amides is 1. The summed E-state index contributed by atoms with van der Waals surface area (Å²) in [5.74, 6) is -1.03. The summed E-state index contributed by atoms with van der Waals surface area (Å²) >= 11 is 5.90. The zero-order valence-electron chi connectivity index (χ0n) is 11.2. The van der Waals surface area contributed by atoms with E-state index < -0.39 is 5.91 Å². The Labute approximate surface area is 136 Å². The van der Waals surface area contributed by atoms with Crippen molar-refractivity contribution in [3.8, 4) is 0 Å². The van der Waals surface area contributed by atoms with Gasteiger partial charge in [0.2, 0.25) is 0 Å². The molecule has 1 aromatic carbocycles. The van der Waals surface area contributed by atoms with Crippen molar-refractivity contribution in [1.82, 2.24) is 4.57 Å². The third-order valence-corrected chi connectivity index (χ3v) is 3.17. The molecule has 0 saturated carbocycles.